The van der Waals surface area contributed by atoms with Gasteiger partial charge in [0.25, 0.3) is 0 Å². The number of anilines is 2. The third-order valence-corrected chi connectivity index (χ3v) is 2.40. The van der Waals surface area contributed by atoms with Crippen molar-refractivity contribution in [1.29, 1.82) is 0 Å². The summed E-state index contributed by atoms with van der Waals surface area (Å²) >= 11 is 0. The summed E-state index contributed by atoms with van der Waals surface area (Å²) < 4.78 is 10.2. The largest absolute Gasteiger partial charge is 0.384 e. The van der Waals surface area contributed by atoms with Gasteiger partial charge in [0.15, 0.2) is 0 Å². The normalized spacial score (nSPS) is 12.4. The van der Waals surface area contributed by atoms with Crippen LogP contribution in [0, 0.1) is 0 Å². The molecular weight excluding hydrogens is 220 g/mol. The molecule has 0 aromatic carbocycles. The highest BCUT2D eigenvalue weighted by Gasteiger charge is 2.16. The van der Waals surface area contributed by atoms with Crippen LogP contribution in [0.4, 0.5) is 11.8 Å². The first-order valence-corrected chi connectivity index (χ1v) is 5.52. The summed E-state index contributed by atoms with van der Waals surface area (Å²) in [5, 5.41) is 0. The van der Waals surface area contributed by atoms with Gasteiger partial charge in [-0.25, -0.2) is 4.98 Å². The molecule has 1 heterocycles. The molecule has 1 aromatic heterocycles. The van der Waals surface area contributed by atoms with Crippen molar-refractivity contribution in [3.8, 4) is 0 Å². The molecule has 0 aliphatic rings. The van der Waals surface area contributed by atoms with Crippen molar-refractivity contribution in [2.75, 3.05) is 44.6 Å². The van der Waals surface area contributed by atoms with Crippen LogP contribution in [0.5, 0.6) is 0 Å². The fraction of sp³-hybridized carbons (Fsp3) is 0.636. The predicted octanol–water partition coefficient (Wildman–Crippen LogP) is 0.546. The Hall–Kier alpha value is -1.40. The fourth-order valence-corrected chi connectivity index (χ4v) is 1.54. The van der Waals surface area contributed by atoms with E-state index in [0.717, 1.165) is 0 Å². The maximum Gasteiger partial charge on any atom is 0.227 e. The molecule has 1 rings (SSSR count). The number of nitrogens with zero attached hydrogens (tertiary/aromatic N) is 3. The Morgan fingerprint density at radius 3 is 2.76 bits per heavy atom. The van der Waals surface area contributed by atoms with Crippen molar-refractivity contribution >= 4 is 11.8 Å². The van der Waals surface area contributed by atoms with E-state index in [1.54, 1.807) is 26.5 Å². The lowest BCUT2D eigenvalue weighted by Gasteiger charge is -2.28. The molecule has 0 bridgehead atoms. The molecule has 1 aromatic rings. The lowest BCUT2D eigenvalue weighted by molar-refractivity contribution is 0.170. The maximum absolute atomic E-state index is 5.66. The van der Waals surface area contributed by atoms with Crippen LogP contribution in [0.2, 0.25) is 0 Å². The summed E-state index contributed by atoms with van der Waals surface area (Å²) in [4.78, 5) is 10.4. The molecule has 6 heteroatoms. The Labute approximate surface area is 102 Å². The Morgan fingerprint density at radius 2 is 2.18 bits per heavy atom. The average Bonchev–Trinajstić information content (AvgIpc) is 2.30. The number of aromatic nitrogens is 2. The van der Waals surface area contributed by atoms with Crippen LogP contribution in [0.3, 0.4) is 0 Å². The monoisotopic (exact) mass is 240 g/mol. The predicted molar refractivity (Wildman–Crippen MR) is 67.0 cm³/mol. The number of ether oxygens (including phenoxy) is 2. The molecule has 0 fully saturated rings. The molecule has 96 valence electrons. The smallest absolute Gasteiger partial charge is 0.227 e. The summed E-state index contributed by atoms with van der Waals surface area (Å²) in [5.74, 6) is 1.06. The van der Waals surface area contributed by atoms with Crippen LogP contribution < -0.4 is 10.6 Å². The molecular formula is C11H20N4O2. The van der Waals surface area contributed by atoms with Crippen LogP contribution in [0.25, 0.3) is 0 Å². The number of hydrogen-bond donors (Lipinski definition) is 1. The minimum absolute atomic E-state index is 0.164. The number of nitrogen functional groups attached to an aromatic ring is 1. The first-order valence-electron chi connectivity index (χ1n) is 5.52. The van der Waals surface area contributed by atoms with E-state index in [4.69, 9.17) is 15.2 Å². The molecule has 1 atom stereocenters. The van der Waals surface area contributed by atoms with Crippen LogP contribution in [0.15, 0.2) is 12.3 Å². The first kappa shape index (κ1) is 13.7. The van der Waals surface area contributed by atoms with E-state index in [1.807, 2.05) is 11.8 Å². The molecule has 0 amide bonds. The number of methoxy groups -OCH3 is 2. The molecule has 1 unspecified atom stereocenters. The van der Waals surface area contributed by atoms with Crippen molar-refractivity contribution in [2.45, 2.75) is 13.0 Å². The zero-order chi connectivity index (χ0) is 12.7. The summed E-state index contributed by atoms with van der Waals surface area (Å²) in [5.41, 5.74) is 5.66. The fourth-order valence-electron chi connectivity index (χ4n) is 1.54. The second-order valence-corrected chi connectivity index (χ2v) is 3.77. The van der Waals surface area contributed by atoms with Crippen molar-refractivity contribution < 1.29 is 9.47 Å². The molecule has 17 heavy (non-hydrogen) atoms. The molecule has 0 aliphatic heterocycles. The van der Waals surface area contributed by atoms with Crippen LogP contribution in [-0.4, -0.2) is 50.0 Å². The summed E-state index contributed by atoms with van der Waals surface area (Å²) in [6.45, 7) is 3.95. The Balaban J connectivity index is 2.81. The highest BCUT2D eigenvalue weighted by molar-refractivity contribution is 5.38. The quantitative estimate of drug-likeness (QED) is 0.750. The Bertz CT molecular complexity index is 335. The van der Waals surface area contributed by atoms with E-state index >= 15 is 0 Å². The zero-order valence-electron chi connectivity index (χ0n) is 10.6. The van der Waals surface area contributed by atoms with Gasteiger partial charge < -0.3 is 20.1 Å². The van der Waals surface area contributed by atoms with Gasteiger partial charge in [-0.2, -0.15) is 4.98 Å². The van der Waals surface area contributed by atoms with Gasteiger partial charge in [0.1, 0.15) is 5.82 Å². The van der Waals surface area contributed by atoms with Crippen molar-refractivity contribution in [3.05, 3.63) is 12.3 Å². The topological polar surface area (TPSA) is 73.5 Å². The van der Waals surface area contributed by atoms with Gasteiger partial charge in [-0.15, -0.1) is 0 Å². The molecule has 0 aliphatic carbocycles. The lowest BCUT2D eigenvalue weighted by atomic mass is 10.3. The van der Waals surface area contributed by atoms with Crippen molar-refractivity contribution in [1.82, 2.24) is 9.97 Å². The third-order valence-electron chi connectivity index (χ3n) is 2.40. The SMILES string of the molecule is COCCN(c1nccc(N)n1)C(C)COC. The molecule has 0 radical (unpaired) electrons. The number of nitrogens with two attached hydrogens (primary N) is 1. The van der Waals surface area contributed by atoms with Gasteiger partial charge in [0.05, 0.1) is 19.3 Å². The van der Waals surface area contributed by atoms with Crippen molar-refractivity contribution in [2.24, 2.45) is 0 Å². The first-order chi connectivity index (χ1) is 8.19. The summed E-state index contributed by atoms with van der Waals surface area (Å²) in [6.07, 6.45) is 1.65. The highest BCUT2D eigenvalue weighted by atomic mass is 16.5. The van der Waals surface area contributed by atoms with Gasteiger partial charge in [0, 0.05) is 27.0 Å². The van der Waals surface area contributed by atoms with E-state index in [0.29, 0.717) is 31.5 Å². The summed E-state index contributed by atoms with van der Waals surface area (Å²) in [7, 11) is 3.34. The van der Waals surface area contributed by atoms with E-state index in [9.17, 15) is 0 Å². The van der Waals surface area contributed by atoms with Crippen LogP contribution >= 0.6 is 0 Å². The second kappa shape index (κ2) is 7.03. The van der Waals surface area contributed by atoms with Gasteiger partial charge in [-0.3, -0.25) is 0 Å². The van der Waals surface area contributed by atoms with Gasteiger partial charge in [-0.05, 0) is 13.0 Å². The highest BCUT2D eigenvalue weighted by Crippen LogP contribution is 2.12. The summed E-state index contributed by atoms with van der Waals surface area (Å²) in [6, 6.07) is 1.83. The average molecular weight is 240 g/mol. The van der Waals surface area contributed by atoms with Gasteiger partial charge in [-0.1, -0.05) is 0 Å². The molecule has 0 saturated heterocycles. The minimum atomic E-state index is 0.164. The second-order valence-electron chi connectivity index (χ2n) is 3.77. The third kappa shape index (κ3) is 4.16. The standard InChI is InChI=1S/C11H20N4O2/c1-9(8-17-3)15(6-7-16-2)11-13-5-4-10(12)14-11/h4-5,9H,6-8H2,1-3H3,(H2,12,13,14). The van der Waals surface area contributed by atoms with E-state index < -0.39 is 0 Å². The lowest BCUT2D eigenvalue weighted by Crippen LogP contribution is -2.39. The van der Waals surface area contributed by atoms with Crippen molar-refractivity contribution in [3.63, 3.8) is 0 Å². The molecule has 6 nitrogen and oxygen atoms in total. The van der Waals surface area contributed by atoms with E-state index in [1.165, 1.54) is 0 Å². The number of hydrogen-bond acceptors (Lipinski definition) is 6. The minimum Gasteiger partial charge on any atom is -0.384 e. The Morgan fingerprint density at radius 1 is 1.41 bits per heavy atom. The van der Waals surface area contributed by atoms with Crippen LogP contribution in [0.1, 0.15) is 6.92 Å². The van der Waals surface area contributed by atoms with Crippen LogP contribution in [-0.2, 0) is 9.47 Å². The Kier molecular flexibility index (Phi) is 5.65. The van der Waals surface area contributed by atoms with Gasteiger partial charge >= 0.3 is 0 Å². The van der Waals surface area contributed by atoms with E-state index in [2.05, 4.69) is 9.97 Å². The zero-order valence-corrected chi connectivity index (χ0v) is 10.6. The van der Waals surface area contributed by atoms with Gasteiger partial charge in [0.2, 0.25) is 5.95 Å². The maximum atomic E-state index is 5.66. The molecule has 2 N–H and O–H groups in total. The molecule has 0 spiro atoms. The number of rotatable bonds is 7. The molecule has 0 saturated carbocycles. The van der Waals surface area contributed by atoms with E-state index in [-0.39, 0.29) is 6.04 Å².